The van der Waals surface area contributed by atoms with E-state index in [9.17, 15) is 10.2 Å². The molecule has 5 heteroatoms. The molecule has 0 aliphatic heterocycles. The molecule has 1 aromatic carbocycles. The first-order valence-corrected chi connectivity index (χ1v) is 6.09. The van der Waals surface area contributed by atoms with Gasteiger partial charge in [-0.3, -0.25) is 4.98 Å². The Morgan fingerprint density at radius 1 is 1.35 bits per heavy atom. The van der Waals surface area contributed by atoms with Gasteiger partial charge in [0.15, 0.2) is 0 Å². The minimum atomic E-state index is -0.214. The number of aromatic hydroxyl groups is 1. The number of aliphatic hydroxyl groups is 1. The molecule has 0 fully saturated rings. The van der Waals surface area contributed by atoms with Crippen molar-refractivity contribution in [2.45, 2.75) is 13.5 Å². The van der Waals surface area contributed by atoms with E-state index in [0.717, 1.165) is 0 Å². The fourth-order valence-corrected chi connectivity index (χ4v) is 1.73. The second-order valence-electron chi connectivity index (χ2n) is 4.25. The first-order chi connectivity index (χ1) is 9.63. The summed E-state index contributed by atoms with van der Waals surface area (Å²) in [6.07, 6.45) is 4.51. The molecule has 0 aliphatic rings. The first kappa shape index (κ1) is 13.9. The first-order valence-electron chi connectivity index (χ1n) is 6.09. The van der Waals surface area contributed by atoms with Crippen LogP contribution in [0.2, 0.25) is 0 Å². The zero-order chi connectivity index (χ0) is 14.5. The minimum absolute atomic E-state index is 0.0254. The van der Waals surface area contributed by atoms with Crippen LogP contribution >= 0.6 is 0 Å². The molecule has 1 aromatic heterocycles. The van der Waals surface area contributed by atoms with E-state index in [1.54, 1.807) is 25.1 Å². The molecule has 0 saturated heterocycles. The van der Waals surface area contributed by atoms with Gasteiger partial charge in [-0.05, 0) is 25.1 Å². The lowest BCUT2D eigenvalue weighted by Gasteiger charge is -2.08. The summed E-state index contributed by atoms with van der Waals surface area (Å²) in [4.78, 5) is 3.99. The van der Waals surface area contributed by atoms with Crippen molar-refractivity contribution in [3.05, 3.63) is 53.5 Å². The summed E-state index contributed by atoms with van der Waals surface area (Å²) in [6.45, 7) is 1.47. The molecule has 0 amide bonds. The van der Waals surface area contributed by atoms with Crippen LogP contribution in [0.3, 0.4) is 0 Å². The number of aromatic nitrogens is 1. The highest BCUT2D eigenvalue weighted by molar-refractivity contribution is 5.61. The van der Waals surface area contributed by atoms with Crippen LogP contribution in [0.15, 0.2) is 36.7 Å². The average Bonchev–Trinajstić information content (AvgIpc) is 2.45. The standard InChI is InChI=1S/C15H16N2O3/c1-10-15(19)12(11(9-18)8-17-10)6-7-20-14-5-3-2-4-13(14)16/h2-8,18-19H,9,16H2,1H3. The number of pyridine rings is 1. The maximum Gasteiger partial charge on any atom is 0.149 e. The Morgan fingerprint density at radius 2 is 2.10 bits per heavy atom. The van der Waals surface area contributed by atoms with Crippen molar-refractivity contribution in [1.29, 1.82) is 0 Å². The second kappa shape index (κ2) is 6.08. The Hall–Kier alpha value is -2.53. The van der Waals surface area contributed by atoms with Crippen molar-refractivity contribution in [2.75, 3.05) is 5.73 Å². The summed E-state index contributed by atoms with van der Waals surface area (Å²) in [5, 5.41) is 19.2. The second-order valence-corrected chi connectivity index (χ2v) is 4.25. The van der Waals surface area contributed by atoms with Gasteiger partial charge in [0.05, 0.1) is 24.3 Å². The maximum absolute atomic E-state index is 9.96. The summed E-state index contributed by atoms with van der Waals surface area (Å²) in [7, 11) is 0. The number of aliphatic hydroxyl groups excluding tert-OH is 1. The van der Waals surface area contributed by atoms with E-state index in [2.05, 4.69) is 4.98 Å². The number of ether oxygens (including phenoxy) is 1. The van der Waals surface area contributed by atoms with Gasteiger partial charge in [-0.15, -0.1) is 0 Å². The predicted molar refractivity (Wildman–Crippen MR) is 77.1 cm³/mol. The normalized spacial score (nSPS) is 10.9. The lowest BCUT2D eigenvalue weighted by molar-refractivity contribution is 0.280. The van der Waals surface area contributed by atoms with Crippen molar-refractivity contribution < 1.29 is 14.9 Å². The van der Waals surface area contributed by atoms with Gasteiger partial charge in [0.1, 0.15) is 11.5 Å². The fourth-order valence-electron chi connectivity index (χ4n) is 1.73. The van der Waals surface area contributed by atoms with Crippen molar-refractivity contribution in [3.8, 4) is 11.5 Å². The van der Waals surface area contributed by atoms with E-state index >= 15 is 0 Å². The van der Waals surface area contributed by atoms with Gasteiger partial charge >= 0.3 is 0 Å². The van der Waals surface area contributed by atoms with Crippen molar-refractivity contribution >= 4 is 11.8 Å². The molecular formula is C15H16N2O3. The number of rotatable bonds is 4. The quantitative estimate of drug-likeness (QED) is 0.586. The molecule has 0 atom stereocenters. The predicted octanol–water partition coefficient (Wildman–Crippen LogP) is 2.22. The summed E-state index contributed by atoms with van der Waals surface area (Å²) in [6, 6.07) is 7.10. The zero-order valence-corrected chi connectivity index (χ0v) is 11.1. The number of nitrogens with zero attached hydrogens (tertiary/aromatic N) is 1. The third kappa shape index (κ3) is 2.89. The number of para-hydroxylation sites is 2. The van der Waals surface area contributed by atoms with Gasteiger partial charge in [0.25, 0.3) is 0 Å². The number of aryl methyl sites for hydroxylation is 1. The molecule has 0 unspecified atom stereocenters. The Morgan fingerprint density at radius 3 is 2.80 bits per heavy atom. The van der Waals surface area contributed by atoms with E-state index in [0.29, 0.717) is 28.3 Å². The molecule has 5 nitrogen and oxygen atoms in total. The monoisotopic (exact) mass is 272 g/mol. The number of nitrogen functional groups attached to an aromatic ring is 1. The molecule has 1 heterocycles. The Kier molecular flexibility index (Phi) is 4.22. The van der Waals surface area contributed by atoms with Crippen molar-refractivity contribution in [1.82, 2.24) is 4.98 Å². The summed E-state index contributed by atoms with van der Waals surface area (Å²) >= 11 is 0. The van der Waals surface area contributed by atoms with Crippen LogP contribution in [0.4, 0.5) is 5.69 Å². The zero-order valence-electron chi connectivity index (χ0n) is 11.1. The van der Waals surface area contributed by atoms with Crippen molar-refractivity contribution in [3.63, 3.8) is 0 Å². The SMILES string of the molecule is Cc1ncc(CO)c(C=COc2ccccc2N)c1O. The van der Waals surface area contributed by atoms with Crippen LogP contribution in [0.25, 0.3) is 6.08 Å². The third-order valence-corrected chi connectivity index (χ3v) is 2.88. The maximum atomic E-state index is 9.96. The molecule has 4 N–H and O–H groups in total. The molecule has 2 aromatic rings. The lowest BCUT2D eigenvalue weighted by atomic mass is 10.1. The molecule has 0 radical (unpaired) electrons. The summed E-state index contributed by atoms with van der Waals surface area (Å²) < 4.78 is 5.42. The molecule has 2 rings (SSSR count). The van der Waals surface area contributed by atoms with Gasteiger partial charge < -0.3 is 20.7 Å². The van der Waals surface area contributed by atoms with Gasteiger partial charge in [-0.1, -0.05) is 12.1 Å². The van der Waals surface area contributed by atoms with Crippen LogP contribution in [-0.4, -0.2) is 15.2 Å². The highest BCUT2D eigenvalue weighted by atomic mass is 16.5. The number of nitrogens with two attached hydrogens (primary N) is 1. The van der Waals surface area contributed by atoms with Crippen LogP contribution in [0, 0.1) is 6.92 Å². The van der Waals surface area contributed by atoms with Gasteiger partial charge in [0, 0.05) is 17.3 Å². The highest BCUT2D eigenvalue weighted by Crippen LogP contribution is 2.26. The smallest absolute Gasteiger partial charge is 0.149 e. The summed E-state index contributed by atoms with van der Waals surface area (Å²) in [5.41, 5.74) is 7.76. The highest BCUT2D eigenvalue weighted by Gasteiger charge is 2.08. The van der Waals surface area contributed by atoms with Crippen LogP contribution in [0.1, 0.15) is 16.8 Å². The third-order valence-electron chi connectivity index (χ3n) is 2.88. The summed E-state index contributed by atoms with van der Waals surface area (Å²) in [5.74, 6) is 0.553. The van der Waals surface area contributed by atoms with E-state index < -0.39 is 0 Å². The molecule has 20 heavy (non-hydrogen) atoms. The van der Waals surface area contributed by atoms with Crippen LogP contribution in [-0.2, 0) is 6.61 Å². The van der Waals surface area contributed by atoms with Crippen molar-refractivity contribution in [2.24, 2.45) is 0 Å². The van der Waals surface area contributed by atoms with E-state index in [1.807, 2.05) is 12.1 Å². The van der Waals surface area contributed by atoms with Crippen LogP contribution < -0.4 is 10.5 Å². The molecule has 104 valence electrons. The van der Waals surface area contributed by atoms with E-state index in [1.165, 1.54) is 12.5 Å². The van der Waals surface area contributed by atoms with Gasteiger partial charge in [-0.25, -0.2) is 0 Å². The average molecular weight is 272 g/mol. The Labute approximate surface area is 117 Å². The number of hydrogen-bond acceptors (Lipinski definition) is 5. The number of benzene rings is 1. The fraction of sp³-hybridized carbons (Fsp3) is 0.133. The number of hydrogen-bond donors (Lipinski definition) is 3. The molecule has 0 saturated carbocycles. The molecule has 0 bridgehead atoms. The Bertz CT molecular complexity index is 639. The largest absolute Gasteiger partial charge is 0.505 e. The minimum Gasteiger partial charge on any atom is -0.505 e. The lowest BCUT2D eigenvalue weighted by Crippen LogP contribution is -1.95. The van der Waals surface area contributed by atoms with Gasteiger partial charge in [0.2, 0.25) is 0 Å². The molecular weight excluding hydrogens is 256 g/mol. The molecule has 0 spiro atoms. The van der Waals surface area contributed by atoms with Gasteiger partial charge in [-0.2, -0.15) is 0 Å². The van der Waals surface area contributed by atoms with Crippen LogP contribution in [0.5, 0.6) is 11.5 Å². The van der Waals surface area contributed by atoms with E-state index in [4.69, 9.17) is 10.5 Å². The van der Waals surface area contributed by atoms with E-state index in [-0.39, 0.29) is 12.4 Å². The number of anilines is 1. The Balaban J connectivity index is 2.24. The molecule has 0 aliphatic carbocycles. The topological polar surface area (TPSA) is 88.6 Å².